The summed E-state index contributed by atoms with van der Waals surface area (Å²) in [5.74, 6) is -1.10. The molecular weight excluding hydrogens is 743 g/mol. The number of aliphatic hydroxyl groups excluding tert-OH is 5. The van der Waals surface area contributed by atoms with Crippen LogP contribution in [0.25, 0.3) is 0 Å². The van der Waals surface area contributed by atoms with Gasteiger partial charge in [0.25, 0.3) is 0 Å². The van der Waals surface area contributed by atoms with E-state index in [0.29, 0.717) is 12.8 Å². The minimum atomic E-state index is -5.11. The molecule has 6 atom stereocenters. The van der Waals surface area contributed by atoms with Crippen LogP contribution < -0.4 is 0 Å². The molecule has 1 fully saturated rings. The van der Waals surface area contributed by atoms with Crippen LogP contribution in [0.4, 0.5) is 0 Å². The van der Waals surface area contributed by atoms with Crippen molar-refractivity contribution in [2.24, 2.45) is 0 Å². The first kappa shape index (κ1) is 52.6. The molecule has 14 heteroatoms. The number of hydrogen-bond acceptors (Lipinski definition) is 12. The normalized spacial score (nSPS) is 22.9. The average molecular weight is 823 g/mol. The number of allylic oxidation sites excluding steroid dienone is 2. The van der Waals surface area contributed by atoms with Crippen LogP contribution >= 0.6 is 7.82 Å². The third kappa shape index (κ3) is 25.8. The molecule has 0 heterocycles. The molecule has 0 bridgehead atoms. The highest BCUT2D eigenvalue weighted by Gasteiger charge is 2.51. The molecule has 0 aromatic heterocycles. The van der Waals surface area contributed by atoms with Crippen molar-refractivity contribution in [3.05, 3.63) is 12.2 Å². The predicted octanol–water partition coefficient (Wildman–Crippen LogP) is 7.89. The summed E-state index contributed by atoms with van der Waals surface area (Å²) >= 11 is 0. The van der Waals surface area contributed by atoms with E-state index in [1.54, 1.807) is 0 Å². The largest absolute Gasteiger partial charge is 0.472 e. The Morgan fingerprint density at radius 3 is 1.41 bits per heavy atom. The fourth-order valence-electron chi connectivity index (χ4n) is 6.74. The molecule has 330 valence electrons. The lowest BCUT2D eigenvalue weighted by Gasteiger charge is -2.41. The Morgan fingerprint density at radius 2 is 0.929 bits per heavy atom. The number of unbranched alkanes of at least 4 members (excludes halogenated alkanes) is 22. The topological polar surface area (TPSA) is 210 Å². The molecule has 1 rings (SSSR count). The Kier molecular flexibility index (Phi) is 31.4. The van der Waals surface area contributed by atoms with Crippen molar-refractivity contribution in [3.63, 3.8) is 0 Å². The monoisotopic (exact) mass is 823 g/mol. The van der Waals surface area contributed by atoms with Gasteiger partial charge in [-0.1, -0.05) is 154 Å². The lowest BCUT2D eigenvalue weighted by molar-refractivity contribution is -0.220. The minimum absolute atomic E-state index is 0.0897. The third-order valence-electron chi connectivity index (χ3n) is 10.4. The van der Waals surface area contributed by atoms with Gasteiger partial charge in [-0.05, 0) is 32.1 Å². The molecular formula is C42H79O13P. The average Bonchev–Trinajstić information content (AvgIpc) is 3.18. The molecule has 1 aliphatic carbocycles. The van der Waals surface area contributed by atoms with Gasteiger partial charge in [0.1, 0.15) is 43.2 Å². The zero-order valence-electron chi connectivity index (χ0n) is 34.7. The molecule has 0 radical (unpaired) electrons. The number of phosphoric acid groups is 1. The van der Waals surface area contributed by atoms with Crippen LogP contribution in [0.15, 0.2) is 12.2 Å². The first-order valence-electron chi connectivity index (χ1n) is 22.0. The van der Waals surface area contributed by atoms with Gasteiger partial charge < -0.3 is 39.9 Å². The van der Waals surface area contributed by atoms with E-state index in [2.05, 4.69) is 26.0 Å². The van der Waals surface area contributed by atoms with Crippen molar-refractivity contribution in [3.8, 4) is 0 Å². The molecule has 1 saturated carbocycles. The van der Waals surface area contributed by atoms with Crippen molar-refractivity contribution in [2.75, 3.05) is 13.2 Å². The van der Waals surface area contributed by atoms with Crippen molar-refractivity contribution >= 4 is 19.8 Å². The first-order valence-corrected chi connectivity index (χ1v) is 23.5. The molecule has 1 aliphatic rings. The van der Waals surface area contributed by atoms with Crippen molar-refractivity contribution in [2.45, 2.75) is 230 Å². The number of carbonyl (C=O) groups excluding carboxylic acids is 2. The van der Waals surface area contributed by atoms with Gasteiger partial charge in [-0.15, -0.1) is 0 Å². The quantitative estimate of drug-likeness (QED) is 0.0154. The second-order valence-corrected chi connectivity index (χ2v) is 17.0. The number of hydrogen-bond donors (Lipinski definition) is 6. The number of ether oxygens (including phenoxy) is 2. The molecule has 56 heavy (non-hydrogen) atoms. The van der Waals surface area contributed by atoms with Crippen molar-refractivity contribution in [1.82, 2.24) is 0 Å². The van der Waals surface area contributed by atoms with E-state index in [0.717, 1.165) is 57.8 Å². The van der Waals surface area contributed by atoms with E-state index in [4.69, 9.17) is 18.5 Å². The lowest BCUT2D eigenvalue weighted by Crippen LogP contribution is -2.64. The maximum Gasteiger partial charge on any atom is 0.472 e. The third-order valence-corrected chi connectivity index (χ3v) is 11.3. The predicted molar refractivity (Wildman–Crippen MR) is 217 cm³/mol. The summed E-state index contributed by atoms with van der Waals surface area (Å²) in [6.07, 6.45) is 19.9. The van der Waals surface area contributed by atoms with Crippen molar-refractivity contribution < 1.29 is 63.1 Å². The van der Waals surface area contributed by atoms with Crippen LogP contribution in [0.5, 0.6) is 0 Å². The maximum absolute atomic E-state index is 12.8. The van der Waals surface area contributed by atoms with Gasteiger partial charge in [0.2, 0.25) is 0 Å². The van der Waals surface area contributed by atoms with Gasteiger partial charge >= 0.3 is 19.8 Å². The van der Waals surface area contributed by atoms with Crippen LogP contribution in [0.3, 0.4) is 0 Å². The zero-order valence-corrected chi connectivity index (χ0v) is 35.6. The number of carbonyl (C=O) groups is 2. The molecule has 0 aromatic carbocycles. The molecule has 0 aliphatic heterocycles. The van der Waals surface area contributed by atoms with Crippen LogP contribution in [-0.2, 0) is 32.7 Å². The molecule has 13 nitrogen and oxygen atoms in total. The van der Waals surface area contributed by atoms with Crippen LogP contribution in [0.2, 0.25) is 0 Å². The summed E-state index contributed by atoms with van der Waals surface area (Å²) in [5, 5.41) is 50.0. The second kappa shape index (κ2) is 33.4. The van der Waals surface area contributed by atoms with E-state index in [-0.39, 0.29) is 12.8 Å². The van der Waals surface area contributed by atoms with Crippen LogP contribution in [0, 0.1) is 0 Å². The highest BCUT2D eigenvalue weighted by Crippen LogP contribution is 2.47. The van der Waals surface area contributed by atoms with E-state index >= 15 is 0 Å². The Hall–Kier alpha value is -1.41. The van der Waals surface area contributed by atoms with Gasteiger partial charge in [0.15, 0.2) is 6.10 Å². The Labute approximate surface area is 337 Å². The molecule has 6 N–H and O–H groups in total. The van der Waals surface area contributed by atoms with E-state index < -0.39 is 75.7 Å². The molecule has 0 aromatic rings. The summed E-state index contributed by atoms with van der Waals surface area (Å²) in [4.78, 5) is 35.6. The van der Waals surface area contributed by atoms with Gasteiger partial charge in [0, 0.05) is 12.8 Å². The Balaban J connectivity index is 2.46. The minimum Gasteiger partial charge on any atom is -0.462 e. The summed E-state index contributed by atoms with van der Waals surface area (Å²) in [7, 11) is -5.11. The summed E-state index contributed by atoms with van der Waals surface area (Å²) < 4.78 is 33.4. The number of phosphoric ester groups is 1. The van der Waals surface area contributed by atoms with E-state index in [9.17, 15) is 44.6 Å². The number of aliphatic hydroxyl groups is 5. The van der Waals surface area contributed by atoms with E-state index in [1.807, 2.05) is 0 Å². The van der Waals surface area contributed by atoms with Gasteiger partial charge in [-0.2, -0.15) is 0 Å². The highest BCUT2D eigenvalue weighted by molar-refractivity contribution is 7.47. The molecule has 0 amide bonds. The summed E-state index contributed by atoms with van der Waals surface area (Å²) in [5.41, 5.74) is 0. The Bertz CT molecular complexity index is 1040. The van der Waals surface area contributed by atoms with Crippen molar-refractivity contribution in [1.29, 1.82) is 0 Å². The van der Waals surface area contributed by atoms with Gasteiger partial charge in [-0.3, -0.25) is 18.6 Å². The number of rotatable bonds is 36. The standard InChI is InChI=1S/C42H79O13P/c1-3-5-7-9-11-13-15-16-17-18-19-21-22-24-26-28-30-35(43)52-32-34(54-36(44)31-29-27-25-23-20-14-12-10-8-6-4-2)33-53-56(50,51)55-42-40(48)38(46)37(45)39(47)41(42)49/h10,12,34,37-42,45-49H,3-9,11,13-33H2,1-2H3,(H,50,51)/b12-10-. The smallest absolute Gasteiger partial charge is 0.462 e. The summed E-state index contributed by atoms with van der Waals surface area (Å²) in [6, 6.07) is 0. The van der Waals surface area contributed by atoms with Crippen LogP contribution in [0.1, 0.15) is 187 Å². The Morgan fingerprint density at radius 1 is 0.536 bits per heavy atom. The van der Waals surface area contributed by atoms with E-state index in [1.165, 1.54) is 89.9 Å². The van der Waals surface area contributed by atoms with Gasteiger partial charge in [-0.25, -0.2) is 4.57 Å². The zero-order chi connectivity index (χ0) is 41.4. The molecule has 0 saturated heterocycles. The highest BCUT2D eigenvalue weighted by atomic mass is 31.2. The lowest BCUT2D eigenvalue weighted by atomic mass is 9.85. The fraction of sp³-hybridized carbons (Fsp3) is 0.905. The maximum atomic E-state index is 12.8. The van der Waals surface area contributed by atoms with Crippen LogP contribution in [-0.4, -0.2) is 98.3 Å². The first-order chi connectivity index (χ1) is 26.9. The fourth-order valence-corrected chi connectivity index (χ4v) is 7.71. The molecule has 6 unspecified atom stereocenters. The number of esters is 2. The molecule has 0 spiro atoms. The SMILES string of the molecule is CCCC/C=C\CCCCCCCC(=O)OC(COC(=O)CCCCCCCCCCCCCCCCCC)COP(=O)(O)OC1C(O)C(O)C(O)C(O)C1O. The summed E-state index contributed by atoms with van der Waals surface area (Å²) in [6.45, 7) is 3.25. The van der Waals surface area contributed by atoms with Gasteiger partial charge in [0.05, 0.1) is 6.61 Å². The second-order valence-electron chi connectivity index (χ2n) is 15.6.